The first-order valence-electron chi connectivity index (χ1n) is 10.8. The molecule has 1 aromatic carbocycles. The van der Waals surface area contributed by atoms with Crippen LogP contribution in [0.2, 0.25) is 0 Å². The van der Waals surface area contributed by atoms with Crippen molar-refractivity contribution in [3.8, 4) is 17.1 Å². The maximum Gasteiger partial charge on any atom is 0.277 e. The van der Waals surface area contributed by atoms with Crippen molar-refractivity contribution < 1.29 is 18.7 Å². The molecule has 1 aliphatic heterocycles. The van der Waals surface area contributed by atoms with Crippen molar-refractivity contribution >= 4 is 29.2 Å². The van der Waals surface area contributed by atoms with E-state index in [1.165, 1.54) is 0 Å². The molecule has 2 amide bonds. The van der Waals surface area contributed by atoms with Gasteiger partial charge in [0, 0.05) is 37.5 Å². The minimum atomic E-state index is -0.243. The van der Waals surface area contributed by atoms with Crippen LogP contribution in [-0.4, -0.2) is 62.4 Å². The Kier molecular flexibility index (Phi) is 5.97. The molecular weight excluding hydrogens is 454 g/mol. The molecule has 0 radical (unpaired) electrons. The number of benzene rings is 1. The van der Waals surface area contributed by atoms with E-state index in [2.05, 4.69) is 15.3 Å². The molecule has 4 heterocycles. The van der Waals surface area contributed by atoms with Crippen LogP contribution in [0, 0.1) is 6.92 Å². The molecule has 10 heteroatoms. The van der Waals surface area contributed by atoms with Crippen LogP contribution in [-0.2, 0) is 0 Å². The van der Waals surface area contributed by atoms with E-state index in [0.29, 0.717) is 47.4 Å². The maximum absolute atomic E-state index is 13.5. The number of pyridine rings is 1. The van der Waals surface area contributed by atoms with Crippen molar-refractivity contribution in [3.05, 3.63) is 72.1 Å². The van der Waals surface area contributed by atoms with E-state index in [-0.39, 0.29) is 22.9 Å². The van der Waals surface area contributed by atoms with Gasteiger partial charge in [-0.05, 0) is 24.3 Å². The summed E-state index contributed by atoms with van der Waals surface area (Å²) in [6, 6.07) is 12.9. The minimum absolute atomic E-state index is 0.217. The predicted octanol–water partition coefficient (Wildman–Crippen LogP) is 3.25. The summed E-state index contributed by atoms with van der Waals surface area (Å²) in [6.45, 7) is 2.58. The molecule has 5 rings (SSSR count). The highest BCUT2D eigenvalue weighted by molar-refractivity contribution is 8.00. The number of imidazole rings is 1. The van der Waals surface area contributed by atoms with Crippen molar-refractivity contribution in [2.24, 2.45) is 0 Å². The number of amides is 2. The van der Waals surface area contributed by atoms with E-state index in [1.54, 1.807) is 47.5 Å². The number of rotatable bonds is 6. The van der Waals surface area contributed by atoms with E-state index in [0.717, 1.165) is 5.75 Å². The summed E-state index contributed by atoms with van der Waals surface area (Å²) in [6.07, 6.45) is 3.35. The largest absolute Gasteiger partial charge is 0.497 e. The van der Waals surface area contributed by atoms with Crippen molar-refractivity contribution in [3.63, 3.8) is 0 Å². The van der Waals surface area contributed by atoms with E-state index >= 15 is 0 Å². The molecule has 174 valence electrons. The number of aromatic nitrogens is 3. The molecule has 0 aliphatic carbocycles. The first-order valence-corrected chi connectivity index (χ1v) is 11.8. The van der Waals surface area contributed by atoms with E-state index in [1.807, 2.05) is 42.5 Å². The summed E-state index contributed by atoms with van der Waals surface area (Å²) < 4.78 is 12.8. The predicted molar refractivity (Wildman–Crippen MR) is 128 cm³/mol. The second kappa shape index (κ2) is 9.22. The normalized spacial score (nSPS) is 15.6. The molecule has 3 aromatic heterocycles. The lowest BCUT2D eigenvalue weighted by molar-refractivity contribution is 0.0746. The summed E-state index contributed by atoms with van der Waals surface area (Å²) >= 11 is 1.62. The molecule has 4 aromatic rings. The van der Waals surface area contributed by atoms with Gasteiger partial charge in [-0.15, -0.1) is 11.8 Å². The number of ether oxygens (including phenoxy) is 1. The molecule has 1 aliphatic rings. The van der Waals surface area contributed by atoms with Crippen molar-refractivity contribution in [1.82, 2.24) is 24.6 Å². The van der Waals surface area contributed by atoms with Gasteiger partial charge in [0.2, 0.25) is 0 Å². The summed E-state index contributed by atoms with van der Waals surface area (Å²) in [4.78, 5) is 36.7. The Labute approximate surface area is 200 Å². The summed E-state index contributed by atoms with van der Waals surface area (Å²) in [5.41, 5.74) is 2.12. The molecule has 1 N–H and O–H groups in total. The zero-order chi connectivity index (χ0) is 23.7. The Hall–Kier alpha value is -3.79. The third-order valence-corrected chi connectivity index (χ3v) is 6.83. The second-order valence-electron chi connectivity index (χ2n) is 7.75. The smallest absolute Gasteiger partial charge is 0.277 e. The van der Waals surface area contributed by atoms with Gasteiger partial charge in [-0.25, -0.2) is 9.97 Å². The number of nitrogens with zero attached hydrogens (tertiary/aromatic N) is 4. The van der Waals surface area contributed by atoms with Crippen LogP contribution in [0.1, 0.15) is 26.9 Å². The van der Waals surface area contributed by atoms with Crippen LogP contribution >= 0.6 is 11.8 Å². The molecule has 9 nitrogen and oxygen atoms in total. The summed E-state index contributed by atoms with van der Waals surface area (Å²) in [5.74, 6) is 1.78. The third-order valence-electron chi connectivity index (χ3n) is 5.61. The zero-order valence-corrected chi connectivity index (χ0v) is 19.5. The highest BCUT2D eigenvalue weighted by Gasteiger charge is 2.34. The van der Waals surface area contributed by atoms with Crippen LogP contribution in [0.25, 0.3) is 17.0 Å². The van der Waals surface area contributed by atoms with Gasteiger partial charge in [-0.1, -0.05) is 18.2 Å². The quantitative estimate of drug-likeness (QED) is 0.455. The Balaban J connectivity index is 1.33. The van der Waals surface area contributed by atoms with Crippen molar-refractivity contribution in [2.75, 3.05) is 26.0 Å². The fourth-order valence-electron chi connectivity index (χ4n) is 3.96. The van der Waals surface area contributed by atoms with Crippen LogP contribution < -0.4 is 10.1 Å². The van der Waals surface area contributed by atoms with Gasteiger partial charge in [0.05, 0.1) is 18.7 Å². The lowest BCUT2D eigenvalue weighted by atomic mass is 10.1. The Morgan fingerprint density at radius 3 is 3.00 bits per heavy atom. The molecule has 0 saturated carbocycles. The number of thioether (sulfide) groups is 1. The van der Waals surface area contributed by atoms with Crippen LogP contribution in [0.5, 0.6) is 5.75 Å². The minimum Gasteiger partial charge on any atom is -0.497 e. The van der Waals surface area contributed by atoms with Gasteiger partial charge in [0.25, 0.3) is 11.8 Å². The average molecular weight is 478 g/mol. The number of hydrogen-bond acceptors (Lipinski definition) is 7. The Bertz CT molecular complexity index is 1360. The average Bonchev–Trinajstić information content (AvgIpc) is 3.60. The monoisotopic (exact) mass is 477 g/mol. The lowest BCUT2D eigenvalue weighted by Crippen LogP contribution is -2.42. The maximum atomic E-state index is 13.5. The van der Waals surface area contributed by atoms with Crippen LogP contribution in [0.4, 0.5) is 0 Å². The number of carbonyl (C=O) groups excluding carboxylic acids is 2. The van der Waals surface area contributed by atoms with Crippen LogP contribution in [0.3, 0.4) is 0 Å². The highest BCUT2D eigenvalue weighted by atomic mass is 32.2. The van der Waals surface area contributed by atoms with Gasteiger partial charge < -0.3 is 19.4 Å². The van der Waals surface area contributed by atoms with Crippen molar-refractivity contribution in [1.29, 1.82) is 0 Å². The van der Waals surface area contributed by atoms with Gasteiger partial charge >= 0.3 is 0 Å². The zero-order valence-electron chi connectivity index (χ0n) is 18.7. The molecular formula is C24H23N5O4S. The topological polar surface area (TPSA) is 102 Å². The molecule has 1 saturated heterocycles. The fourth-order valence-corrected chi connectivity index (χ4v) is 5.12. The second-order valence-corrected chi connectivity index (χ2v) is 9.03. The molecule has 0 spiro atoms. The van der Waals surface area contributed by atoms with Gasteiger partial charge in [0.1, 0.15) is 17.1 Å². The highest BCUT2D eigenvalue weighted by Crippen LogP contribution is 2.31. The first kappa shape index (κ1) is 22.0. The van der Waals surface area contributed by atoms with Gasteiger partial charge in [-0.2, -0.15) is 0 Å². The van der Waals surface area contributed by atoms with Gasteiger partial charge in [0.15, 0.2) is 17.3 Å². The Morgan fingerprint density at radius 1 is 1.26 bits per heavy atom. The Morgan fingerprint density at radius 2 is 2.15 bits per heavy atom. The molecule has 1 atom stereocenters. The summed E-state index contributed by atoms with van der Waals surface area (Å²) in [7, 11) is 1.59. The van der Waals surface area contributed by atoms with E-state index in [9.17, 15) is 9.59 Å². The van der Waals surface area contributed by atoms with Crippen molar-refractivity contribution in [2.45, 2.75) is 12.3 Å². The SMILES string of the molecule is COc1cccc(-c2oc(C)nc2C(=O)N2CCSC2CNC(=O)c2cnc3ccccn23)c1. The van der Waals surface area contributed by atoms with E-state index < -0.39 is 0 Å². The summed E-state index contributed by atoms with van der Waals surface area (Å²) in [5, 5.41) is 2.73. The molecule has 0 bridgehead atoms. The number of carbonyl (C=O) groups is 2. The van der Waals surface area contributed by atoms with E-state index in [4.69, 9.17) is 9.15 Å². The first-order chi connectivity index (χ1) is 16.5. The standard InChI is InChI=1S/C24H23N5O4S/c1-15-27-21(22(33-15)16-6-5-7-17(12-16)32-2)24(31)29-10-11-34-20(29)14-26-23(30)18-13-25-19-8-3-4-9-28(18)19/h3-9,12-13,20H,10-11,14H2,1-2H3,(H,26,30). The molecule has 1 fully saturated rings. The number of hydrogen-bond donors (Lipinski definition) is 1. The number of methoxy groups -OCH3 is 1. The molecule has 34 heavy (non-hydrogen) atoms. The number of nitrogens with one attached hydrogen (secondary N) is 1. The van der Waals surface area contributed by atoms with Crippen LogP contribution in [0.15, 0.2) is 59.3 Å². The number of aryl methyl sites for hydroxylation is 1. The van der Waals surface area contributed by atoms with Gasteiger partial charge in [-0.3, -0.25) is 14.0 Å². The molecule has 1 unspecified atom stereocenters. The fraction of sp³-hybridized carbons (Fsp3) is 0.250. The number of oxazole rings is 1. The lowest BCUT2D eigenvalue weighted by Gasteiger charge is -2.23. The number of fused-ring (bicyclic) bond motifs is 1. The third kappa shape index (κ3) is 4.12.